The van der Waals surface area contributed by atoms with Gasteiger partial charge in [-0.2, -0.15) is 0 Å². The molecule has 9 heteroatoms. The van der Waals surface area contributed by atoms with Crippen molar-refractivity contribution in [2.45, 2.75) is 37.8 Å². The van der Waals surface area contributed by atoms with Gasteiger partial charge in [0.15, 0.2) is 5.88 Å². The standard InChI is InChI=1S/C23H28N6O3/c1-32-21-12-15(6-9-25-21)19(13-24)23(31)28-20-5-2-16(14-26-20)22(30)27-17-7-10-29(11-8-17)18-3-4-18/h2,5-6,9,12-14,17-18,24,31H,3-4,7-8,10-11H2,1H3,(H,26,28)(H,27,30)/b23-19-,24-13?. The molecule has 1 aliphatic carbocycles. The SMILES string of the molecule is COc1cc(/C(C=N)=C(\O)Nc2ccc(C(=O)NC3CCN(C4CC4)CC3)cn2)ccn1. The molecule has 0 unspecified atom stereocenters. The number of anilines is 1. The molecule has 1 saturated carbocycles. The number of likely N-dealkylation sites (tertiary alicyclic amines) is 1. The van der Waals surface area contributed by atoms with E-state index in [4.69, 9.17) is 10.1 Å². The maximum absolute atomic E-state index is 12.6. The van der Waals surface area contributed by atoms with Crippen LogP contribution in [-0.4, -0.2) is 64.4 Å². The van der Waals surface area contributed by atoms with Gasteiger partial charge in [-0.25, -0.2) is 9.97 Å². The molecule has 0 bridgehead atoms. The van der Waals surface area contributed by atoms with Crippen molar-refractivity contribution in [2.75, 3.05) is 25.5 Å². The summed E-state index contributed by atoms with van der Waals surface area (Å²) < 4.78 is 5.09. The van der Waals surface area contributed by atoms with Gasteiger partial charge in [-0.05, 0) is 49.4 Å². The van der Waals surface area contributed by atoms with Crippen LogP contribution in [0.5, 0.6) is 5.88 Å². The fourth-order valence-electron chi connectivity index (χ4n) is 3.89. The molecule has 4 rings (SSSR count). The maximum Gasteiger partial charge on any atom is 0.253 e. The van der Waals surface area contributed by atoms with E-state index in [1.165, 1.54) is 32.3 Å². The Morgan fingerprint density at radius 1 is 1.19 bits per heavy atom. The summed E-state index contributed by atoms with van der Waals surface area (Å²) in [7, 11) is 1.50. The van der Waals surface area contributed by atoms with Crippen LogP contribution in [0.4, 0.5) is 5.82 Å². The molecule has 9 nitrogen and oxygen atoms in total. The van der Waals surface area contributed by atoms with Crippen LogP contribution in [0.1, 0.15) is 41.6 Å². The smallest absolute Gasteiger partial charge is 0.253 e. The average molecular weight is 437 g/mol. The van der Waals surface area contributed by atoms with Crippen molar-refractivity contribution < 1.29 is 14.6 Å². The summed E-state index contributed by atoms with van der Waals surface area (Å²) in [5.74, 6) is 0.358. The highest BCUT2D eigenvalue weighted by Gasteiger charge is 2.32. The van der Waals surface area contributed by atoms with Gasteiger partial charge in [0.2, 0.25) is 5.88 Å². The minimum atomic E-state index is -0.236. The van der Waals surface area contributed by atoms with Crippen LogP contribution in [0.25, 0.3) is 5.57 Å². The van der Waals surface area contributed by atoms with Crippen LogP contribution >= 0.6 is 0 Å². The van der Waals surface area contributed by atoms with Gasteiger partial charge in [-0.15, -0.1) is 0 Å². The second-order valence-electron chi connectivity index (χ2n) is 8.07. The summed E-state index contributed by atoms with van der Waals surface area (Å²) in [6.07, 6.45) is 8.61. The number of hydrogen-bond donors (Lipinski definition) is 4. The van der Waals surface area contributed by atoms with Crippen LogP contribution in [0.3, 0.4) is 0 Å². The van der Waals surface area contributed by atoms with Gasteiger partial charge in [0.1, 0.15) is 5.82 Å². The Morgan fingerprint density at radius 3 is 2.59 bits per heavy atom. The molecule has 1 amide bonds. The van der Waals surface area contributed by atoms with Crippen molar-refractivity contribution >= 4 is 23.5 Å². The summed E-state index contributed by atoms with van der Waals surface area (Å²) in [5.41, 5.74) is 1.29. The number of allylic oxidation sites excluding steroid dienone is 1. The highest BCUT2D eigenvalue weighted by atomic mass is 16.5. The highest BCUT2D eigenvalue weighted by Crippen LogP contribution is 2.29. The Balaban J connectivity index is 1.36. The van der Waals surface area contributed by atoms with E-state index in [-0.39, 0.29) is 23.4 Å². The Kier molecular flexibility index (Phi) is 6.65. The zero-order valence-electron chi connectivity index (χ0n) is 18.0. The van der Waals surface area contributed by atoms with Crippen LogP contribution in [0.15, 0.2) is 42.5 Å². The van der Waals surface area contributed by atoms with Crippen LogP contribution in [-0.2, 0) is 0 Å². The number of aliphatic hydroxyl groups is 1. The zero-order valence-corrected chi connectivity index (χ0v) is 18.0. The summed E-state index contributed by atoms with van der Waals surface area (Å²) >= 11 is 0. The van der Waals surface area contributed by atoms with Gasteiger partial charge in [0, 0.05) is 49.8 Å². The minimum absolute atomic E-state index is 0.141. The quantitative estimate of drug-likeness (QED) is 0.371. The molecule has 0 aromatic carbocycles. The monoisotopic (exact) mass is 436 g/mol. The molecule has 3 heterocycles. The first-order chi connectivity index (χ1) is 15.6. The number of methoxy groups -OCH3 is 1. The van der Waals surface area contributed by atoms with Gasteiger partial charge in [-0.3, -0.25) is 4.79 Å². The summed E-state index contributed by atoms with van der Waals surface area (Å²) in [6, 6.07) is 7.53. The van der Waals surface area contributed by atoms with Gasteiger partial charge in [-0.1, -0.05) is 0 Å². The first kappa shape index (κ1) is 21.8. The highest BCUT2D eigenvalue weighted by molar-refractivity contribution is 6.09. The molecule has 2 aromatic rings. The second-order valence-corrected chi connectivity index (χ2v) is 8.07. The van der Waals surface area contributed by atoms with Crippen LogP contribution in [0.2, 0.25) is 0 Å². The van der Waals surface area contributed by atoms with Crippen molar-refractivity contribution in [3.05, 3.63) is 53.7 Å². The molecule has 2 aliphatic rings. The van der Waals surface area contributed by atoms with E-state index in [0.29, 0.717) is 22.8 Å². The van der Waals surface area contributed by atoms with E-state index < -0.39 is 0 Å². The number of carbonyl (C=O) groups excluding carboxylic acids is 1. The fourth-order valence-corrected chi connectivity index (χ4v) is 3.89. The first-order valence-corrected chi connectivity index (χ1v) is 10.8. The fraction of sp³-hybridized carbons (Fsp3) is 0.391. The van der Waals surface area contributed by atoms with Crippen molar-refractivity contribution in [2.24, 2.45) is 0 Å². The van der Waals surface area contributed by atoms with E-state index in [0.717, 1.165) is 38.2 Å². The molecule has 0 radical (unpaired) electrons. The van der Waals surface area contributed by atoms with Gasteiger partial charge < -0.3 is 30.8 Å². The molecular formula is C23H28N6O3. The van der Waals surface area contributed by atoms with E-state index in [1.54, 1.807) is 24.3 Å². The Bertz CT molecular complexity index is 995. The van der Waals surface area contributed by atoms with E-state index in [9.17, 15) is 9.90 Å². The number of aromatic nitrogens is 2. The molecule has 1 aliphatic heterocycles. The third-order valence-corrected chi connectivity index (χ3v) is 5.85. The third-order valence-electron chi connectivity index (χ3n) is 5.85. The van der Waals surface area contributed by atoms with Crippen LogP contribution < -0.4 is 15.4 Å². The lowest BCUT2D eigenvalue weighted by Gasteiger charge is -2.32. The summed E-state index contributed by atoms with van der Waals surface area (Å²) in [6.45, 7) is 2.09. The van der Waals surface area contributed by atoms with E-state index in [1.807, 2.05) is 0 Å². The van der Waals surface area contributed by atoms with Crippen molar-refractivity contribution in [1.82, 2.24) is 20.2 Å². The number of aliphatic hydroxyl groups excluding tert-OH is 1. The molecule has 4 N–H and O–H groups in total. The topological polar surface area (TPSA) is 123 Å². The van der Waals surface area contributed by atoms with Crippen molar-refractivity contribution in [1.29, 1.82) is 5.41 Å². The Hall–Kier alpha value is -3.46. The minimum Gasteiger partial charge on any atom is -0.494 e. The predicted octanol–water partition coefficient (Wildman–Crippen LogP) is 2.83. The largest absolute Gasteiger partial charge is 0.494 e. The number of carbonyl (C=O) groups is 1. The van der Waals surface area contributed by atoms with Gasteiger partial charge >= 0.3 is 0 Å². The number of amides is 1. The number of nitrogens with zero attached hydrogens (tertiary/aromatic N) is 3. The molecule has 0 atom stereocenters. The summed E-state index contributed by atoms with van der Waals surface area (Å²) in [4.78, 5) is 23.4. The maximum atomic E-state index is 12.6. The normalized spacial score (nSPS) is 17.9. The number of nitrogens with one attached hydrogen (secondary N) is 3. The number of rotatable bonds is 8. The van der Waals surface area contributed by atoms with E-state index in [2.05, 4.69) is 25.5 Å². The Morgan fingerprint density at radius 2 is 1.97 bits per heavy atom. The number of pyridine rings is 2. The molecule has 1 saturated heterocycles. The second kappa shape index (κ2) is 9.78. The van der Waals surface area contributed by atoms with Gasteiger partial charge in [0.25, 0.3) is 5.91 Å². The molecule has 2 fully saturated rings. The molecule has 32 heavy (non-hydrogen) atoms. The number of hydrogen-bond acceptors (Lipinski definition) is 8. The predicted molar refractivity (Wildman–Crippen MR) is 122 cm³/mol. The zero-order chi connectivity index (χ0) is 22.5. The lowest BCUT2D eigenvalue weighted by atomic mass is 10.0. The number of piperidine rings is 1. The first-order valence-electron chi connectivity index (χ1n) is 10.8. The summed E-state index contributed by atoms with van der Waals surface area (Å²) in [5, 5.41) is 24.0. The molecule has 2 aromatic heterocycles. The van der Waals surface area contributed by atoms with Gasteiger partial charge in [0.05, 0.1) is 18.2 Å². The Labute approximate surface area is 187 Å². The van der Waals surface area contributed by atoms with Crippen LogP contribution in [0, 0.1) is 5.41 Å². The molecule has 168 valence electrons. The lowest BCUT2D eigenvalue weighted by molar-refractivity contribution is 0.0909. The molecule has 0 spiro atoms. The number of ether oxygens (including phenoxy) is 1. The molecular weight excluding hydrogens is 408 g/mol. The average Bonchev–Trinajstić information content (AvgIpc) is 3.66. The van der Waals surface area contributed by atoms with Crippen molar-refractivity contribution in [3.63, 3.8) is 0 Å². The van der Waals surface area contributed by atoms with Crippen molar-refractivity contribution in [3.8, 4) is 5.88 Å². The lowest BCUT2D eigenvalue weighted by Crippen LogP contribution is -2.45. The third kappa shape index (κ3) is 5.23. The van der Waals surface area contributed by atoms with E-state index >= 15 is 0 Å².